The SMILES string of the molecule is CC(C)C1CCCCC1NCC(O)c1ccccc1F. The van der Waals surface area contributed by atoms with E-state index in [4.69, 9.17) is 0 Å². The van der Waals surface area contributed by atoms with Crippen molar-refractivity contribution >= 4 is 0 Å². The molecule has 1 aliphatic carbocycles. The van der Waals surface area contributed by atoms with Gasteiger partial charge in [-0.05, 0) is 30.7 Å². The second-order valence-electron chi connectivity index (χ2n) is 6.24. The molecule has 1 aromatic rings. The fraction of sp³-hybridized carbons (Fsp3) is 0.647. The third-order valence-corrected chi connectivity index (χ3v) is 4.51. The molecule has 1 aliphatic rings. The Morgan fingerprint density at radius 3 is 2.65 bits per heavy atom. The van der Waals surface area contributed by atoms with Gasteiger partial charge in [-0.15, -0.1) is 0 Å². The maximum absolute atomic E-state index is 13.6. The first kappa shape index (κ1) is 15.5. The molecule has 1 fully saturated rings. The van der Waals surface area contributed by atoms with Crippen LogP contribution in [0.1, 0.15) is 51.2 Å². The summed E-state index contributed by atoms with van der Waals surface area (Å²) in [6, 6.07) is 6.91. The molecule has 20 heavy (non-hydrogen) atoms. The Morgan fingerprint density at radius 2 is 1.95 bits per heavy atom. The van der Waals surface area contributed by atoms with E-state index >= 15 is 0 Å². The molecule has 0 amide bonds. The van der Waals surface area contributed by atoms with Crippen LogP contribution in [0.15, 0.2) is 24.3 Å². The number of aliphatic hydroxyl groups is 1. The Hall–Kier alpha value is -0.930. The Labute approximate surface area is 121 Å². The van der Waals surface area contributed by atoms with Crippen molar-refractivity contribution in [1.29, 1.82) is 0 Å². The van der Waals surface area contributed by atoms with Crippen LogP contribution in [0.3, 0.4) is 0 Å². The highest BCUT2D eigenvalue weighted by molar-refractivity contribution is 5.20. The second-order valence-corrected chi connectivity index (χ2v) is 6.24. The van der Waals surface area contributed by atoms with Gasteiger partial charge < -0.3 is 10.4 Å². The highest BCUT2D eigenvalue weighted by Gasteiger charge is 2.27. The molecular formula is C17H26FNO. The van der Waals surface area contributed by atoms with Crippen LogP contribution in [0.4, 0.5) is 4.39 Å². The maximum Gasteiger partial charge on any atom is 0.129 e. The molecule has 2 N–H and O–H groups in total. The van der Waals surface area contributed by atoms with Crippen LogP contribution >= 0.6 is 0 Å². The number of hydrogen-bond acceptors (Lipinski definition) is 2. The molecule has 0 spiro atoms. The van der Waals surface area contributed by atoms with Crippen LogP contribution in [-0.4, -0.2) is 17.7 Å². The summed E-state index contributed by atoms with van der Waals surface area (Å²) in [5, 5.41) is 13.6. The average Bonchev–Trinajstić information content (AvgIpc) is 2.45. The van der Waals surface area contributed by atoms with Gasteiger partial charge in [0, 0.05) is 18.2 Å². The zero-order valence-electron chi connectivity index (χ0n) is 12.5. The first-order chi connectivity index (χ1) is 9.59. The van der Waals surface area contributed by atoms with Crippen LogP contribution in [0.5, 0.6) is 0 Å². The molecule has 3 atom stereocenters. The number of rotatable bonds is 5. The summed E-state index contributed by atoms with van der Waals surface area (Å²) in [6.07, 6.45) is 4.19. The third kappa shape index (κ3) is 3.80. The molecule has 2 nitrogen and oxygen atoms in total. The fourth-order valence-electron chi connectivity index (χ4n) is 3.33. The van der Waals surface area contributed by atoms with Crippen LogP contribution in [-0.2, 0) is 0 Å². The van der Waals surface area contributed by atoms with E-state index in [9.17, 15) is 9.50 Å². The van der Waals surface area contributed by atoms with Gasteiger partial charge in [-0.3, -0.25) is 0 Å². The monoisotopic (exact) mass is 279 g/mol. The highest BCUT2D eigenvalue weighted by atomic mass is 19.1. The molecule has 3 heteroatoms. The second kappa shape index (κ2) is 7.19. The summed E-state index contributed by atoms with van der Waals surface area (Å²) in [4.78, 5) is 0. The predicted octanol–water partition coefficient (Wildman–Crippen LogP) is 3.66. The van der Waals surface area contributed by atoms with E-state index in [1.807, 2.05) is 0 Å². The smallest absolute Gasteiger partial charge is 0.129 e. The molecule has 0 heterocycles. The van der Waals surface area contributed by atoms with Crippen LogP contribution < -0.4 is 5.32 Å². The van der Waals surface area contributed by atoms with Crippen LogP contribution in [0, 0.1) is 17.7 Å². The summed E-state index contributed by atoms with van der Waals surface area (Å²) in [6.45, 7) is 4.95. The van der Waals surface area contributed by atoms with Gasteiger partial charge in [0.05, 0.1) is 6.10 Å². The van der Waals surface area contributed by atoms with Crippen LogP contribution in [0.25, 0.3) is 0 Å². The minimum atomic E-state index is -0.772. The van der Waals surface area contributed by atoms with Gasteiger partial charge in [-0.1, -0.05) is 44.9 Å². The molecule has 112 valence electrons. The molecule has 2 rings (SSSR count). The quantitative estimate of drug-likeness (QED) is 0.862. The average molecular weight is 279 g/mol. The van der Waals surface area contributed by atoms with Crippen molar-refractivity contribution in [1.82, 2.24) is 5.32 Å². The van der Waals surface area contributed by atoms with Crippen molar-refractivity contribution in [3.05, 3.63) is 35.6 Å². The Balaban J connectivity index is 1.92. The molecular weight excluding hydrogens is 253 g/mol. The van der Waals surface area contributed by atoms with Crippen molar-refractivity contribution in [3.8, 4) is 0 Å². The molecule has 0 bridgehead atoms. The van der Waals surface area contributed by atoms with Gasteiger partial charge in [0.25, 0.3) is 0 Å². The van der Waals surface area contributed by atoms with Crippen molar-refractivity contribution < 1.29 is 9.50 Å². The minimum Gasteiger partial charge on any atom is -0.387 e. The maximum atomic E-state index is 13.6. The van der Waals surface area contributed by atoms with E-state index in [2.05, 4.69) is 19.2 Å². The molecule has 3 unspecified atom stereocenters. The lowest BCUT2D eigenvalue weighted by Gasteiger charge is -2.35. The molecule has 1 aromatic carbocycles. The molecule has 1 saturated carbocycles. The van der Waals surface area contributed by atoms with Gasteiger partial charge in [-0.25, -0.2) is 4.39 Å². The summed E-state index contributed by atoms with van der Waals surface area (Å²) in [7, 11) is 0. The van der Waals surface area contributed by atoms with Gasteiger partial charge in [0.1, 0.15) is 5.82 Å². The van der Waals surface area contributed by atoms with Crippen molar-refractivity contribution in [3.63, 3.8) is 0 Å². The van der Waals surface area contributed by atoms with E-state index in [-0.39, 0.29) is 5.82 Å². The normalized spacial score (nSPS) is 24.9. The fourth-order valence-corrected chi connectivity index (χ4v) is 3.33. The number of nitrogens with one attached hydrogen (secondary N) is 1. The van der Waals surface area contributed by atoms with Gasteiger partial charge in [-0.2, -0.15) is 0 Å². The van der Waals surface area contributed by atoms with E-state index in [0.717, 1.165) is 6.42 Å². The van der Waals surface area contributed by atoms with Gasteiger partial charge in [0.15, 0.2) is 0 Å². The highest BCUT2D eigenvalue weighted by Crippen LogP contribution is 2.30. The first-order valence-corrected chi connectivity index (χ1v) is 7.75. The molecule has 0 aromatic heterocycles. The Kier molecular flexibility index (Phi) is 5.55. The lowest BCUT2D eigenvalue weighted by Crippen LogP contribution is -2.42. The Morgan fingerprint density at radius 1 is 1.25 bits per heavy atom. The standard InChI is InChI=1S/C17H26FNO/c1-12(2)13-7-4-6-10-16(13)19-11-17(20)14-8-3-5-9-15(14)18/h3,5,8-9,12-13,16-17,19-20H,4,6-7,10-11H2,1-2H3. The number of aliphatic hydroxyl groups excluding tert-OH is 1. The van der Waals surface area contributed by atoms with Crippen molar-refractivity contribution in [2.45, 2.75) is 51.7 Å². The van der Waals surface area contributed by atoms with E-state index in [1.54, 1.807) is 18.2 Å². The molecule has 0 aliphatic heterocycles. The third-order valence-electron chi connectivity index (χ3n) is 4.51. The van der Waals surface area contributed by atoms with E-state index in [0.29, 0.717) is 30.0 Å². The summed E-state index contributed by atoms with van der Waals surface area (Å²) < 4.78 is 13.6. The lowest BCUT2D eigenvalue weighted by atomic mass is 9.78. The Bertz CT molecular complexity index is 421. The van der Waals surface area contributed by atoms with E-state index < -0.39 is 6.10 Å². The topological polar surface area (TPSA) is 32.3 Å². The lowest BCUT2D eigenvalue weighted by molar-refractivity contribution is 0.141. The van der Waals surface area contributed by atoms with Crippen LogP contribution in [0.2, 0.25) is 0 Å². The summed E-state index contributed by atoms with van der Waals surface area (Å²) >= 11 is 0. The van der Waals surface area contributed by atoms with Gasteiger partial charge in [0.2, 0.25) is 0 Å². The first-order valence-electron chi connectivity index (χ1n) is 7.75. The number of benzene rings is 1. The van der Waals surface area contributed by atoms with Crippen molar-refractivity contribution in [2.24, 2.45) is 11.8 Å². The predicted molar refractivity (Wildman–Crippen MR) is 79.9 cm³/mol. The summed E-state index contributed by atoms with van der Waals surface area (Å²) in [5.74, 6) is 0.987. The largest absolute Gasteiger partial charge is 0.387 e. The zero-order valence-corrected chi connectivity index (χ0v) is 12.5. The van der Waals surface area contributed by atoms with Crippen molar-refractivity contribution in [2.75, 3.05) is 6.54 Å². The van der Waals surface area contributed by atoms with Gasteiger partial charge >= 0.3 is 0 Å². The van der Waals surface area contributed by atoms with E-state index in [1.165, 1.54) is 25.3 Å². The molecule has 0 saturated heterocycles. The number of halogens is 1. The molecule has 0 radical (unpaired) electrons. The number of hydrogen-bond donors (Lipinski definition) is 2. The zero-order chi connectivity index (χ0) is 14.5. The minimum absolute atomic E-state index is 0.328. The summed E-state index contributed by atoms with van der Waals surface area (Å²) in [5.41, 5.74) is 0.386.